The lowest BCUT2D eigenvalue weighted by atomic mass is 9.78. The molecule has 1 saturated carbocycles. The van der Waals surface area contributed by atoms with Gasteiger partial charge in [0.1, 0.15) is 0 Å². The number of likely N-dealkylation sites (tertiary alicyclic amines) is 1. The molecule has 0 spiro atoms. The molecule has 21 heavy (non-hydrogen) atoms. The highest BCUT2D eigenvalue weighted by Crippen LogP contribution is 2.36. The zero-order valence-electron chi connectivity index (χ0n) is 11.9. The van der Waals surface area contributed by atoms with Crippen LogP contribution in [0.3, 0.4) is 0 Å². The molecule has 6 heteroatoms. The second kappa shape index (κ2) is 5.51. The van der Waals surface area contributed by atoms with Crippen molar-refractivity contribution in [2.75, 3.05) is 13.1 Å². The fourth-order valence-electron chi connectivity index (χ4n) is 3.76. The molecule has 0 radical (unpaired) electrons. The fraction of sp³-hybridized carbons (Fsp3) is 0.600. The Hall–Kier alpha value is -1.24. The molecule has 2 N–H and O–H groups in total. The van der Waals surface area contributed by atoms with Crippen molar-refractivity contribution in [1.82, 2.24) is 15.0 Å². The van der Waals surface area contributed by atoms with Crippen molar-refractivity contribution < 1.29 is 4.52 Å². The molecule has 112 valence electrons. The molecule has 1 aliphatic carbocycles. The molecule has 4 rings (SSSR count). The summed E-state index contributed by atoms with van der Waals surface area (Å²) in [5.74, 6) is 2.82. The van der Waals surface area contributed by atoms with Crippen molar-refractivity contribution in [3.63, 3.8) is 0 Å². The third kappa shape index (κ3) is 2.63. The summed E-state index contributed by atoms with van der Waals surface area (Å²) in [6.45, 7) is 2.97. The Labute approximate surface area is 128 Å². The van der Waals surface area contributed by atoms with E-state index >= 15 is 0 Å². The van der Waals surface area contributed by atoms with Gasteiger partial charge in [-0.15, -0.1) is 0 Å². The standard InChI is InChI=1S/C15H20N4OS/c16-13-3-1-2-10-6-19(7-12(10)13)8-14-17-15(20-18-14)11-4-5-21-9-11/h4-5,9-10,12-13H,1-3,6-8,16H2. The number of thiophene rings is 1. The van der Waals surface area contributed by atoms with Gasteiger partial charge in [-0.2, -0.15) is 16.3 Å². The summed E-state index contributed by atoms with van der Waals surface area (Å²) in [5.41, 5.74) is 7.28. The molecule has 5 nitrogen and oxygen atoms in total. The number of rotatable bonds is 3. The molecular weight excluding hydrogens is 284 g/mol. The van der Waals surface area contributed by atoms with E-state index in [0.717, 1.165) is 36.9 Å². The van der Waals surface area contributed by atoms with Gasteiger partial charge in [-0.3, -0.25) is 4.90 Å². The maximum Gasteiger partial charge on any atom is 0.258 e. The molecule has 1 aliphatic heterocycles. The molecule has 2 aliphatic rings. The van der Waals surface area contributed by atoms with Crippen molar-refractivity contribution >= 4 is 11.3 Å². The minimum atomic E-state index is 0.375. The Morgan fingerprint density at radius 1 is 1.38 bits per heavy atom. The van der Waals surface area contributed by atoms with E-state index in [9.17, 15) is 0 Å². The van der Waals surface area contributed by atoms with Crippen LogP contribution in [0.5, 0.6) is 0 Å². The van der Waals surface area contributed by atoms with Crippen LogP contribution in [0, 0.1) is 11.8 Å². The average Bonchev–Trinajstić information content (AvgIpc) is 3.18. The number of hydrogen-bond donors (Lipinski definition) is 1. The predicted molar refractivity (Wildman–Crippen MR) is 81.7 cm³/mol. The molecule has 2 aromatic heterocycles. The summed E-state index contributed by atoms with van der Waals surface area (Å²) in [7, 11) is 0. The molecule has 0 aromatic carbocycles. The van der Waals surface area contributed by atoms with E-state index in [1.165, 1.54) is 19.3 Å². The van der Waals surface area contributed by atoms with E-state index in [0.29, 0.717) is 17.9 Å². The van der Waals surface area contributed by atoms with Crippen LogP contribution in [0.4, 0.5) is 0 Å². The topological polar surface area (TPSA) is 68.2 Å². The van der Waals surface area contributed by atoms with Gasteiger partial charge >= 0.3 is 0 Å². The lowest BCUT2D eigenvalue weighted by molar-refractivity contribution is 0.259. The Kier molecular flexibility index (Phi) is 3.52. The van der Waals surface area contributed by atoms with Crippen molar-refractivity contribution in [2.45, 2.75) is 31.8 Å². The van der Waals surface area contributed by atoms with E-state index in [1.54, 1.807) is 11.3 Å². The van der Waals surface area contributed by atoms with Crippen LogP contribution in [0.2, 0.25) is 0 Å². The summed E-state index contributed by atoms with van der Waals surface area (Å²) in [4.78, 5) is 6.94. The van der Waals surface area contributed by atoms with Crippen LogP contribution in [0.15, 0.2) is 21.3 Å². The second-order valence-corrected chi connectivity index (χ2v) is 7.02. The van der Waals surface area contributed by atoms with Crippen LogP contribution in [0.1, 0.15) is 25.1 Å². The SMILES string of the molecule is NC1CCCC2CN(Cc3noc(-c4ccsc4)n3)CC12. The largest absolute Gasteiger partial charge is 0.334 e. The minimum absolute atomic E-state index is 0.375. The molecule has 3 heterocycles. The minimum Gasteiger partial charge on any atom is -0.334 e. The number of nitrogens with zero attached hydrogens (tertiary/aromatic N) is 3. The summed E-state index contributed by atoms with van der Waals surface area (Å²) >= 11 is 1.64. The van der Waals surface area contributed by atoms with Gasteiger partial charge in [0.25, 0.3) is 5.89 Å². The third-order valence-electron chi connectivity index (χ3n) is 4.83. The van der Waals surface area contributed by atoms with Crippen molar-refractivity contribution in [3.05, 3.63) is 22.7 Å². The first-order valence-corrected chi connectivity index (χ1v) is 8.57. The van der Waals surface area contributed by atoms with Crippen LogP contribution in [-0.2, 0) is 6.54 Å². The lowest BCUT2D eigenvalue weighted by Crippen LogP contribution is -2.38. The van der Waals surface area contributed by atoms with Crippen molar-refractivity contribution in [3.8, 4) is 11.5 Å². The number of nitrogens with two attached hydrogens (primary N) is 1. The zero-order valence-corrected chi connectivity index (χ0v) is 12.8. The van der Waals surface area contributed by atoms with Crippen LogP contribution < -0.4 is 5.73 Å². The van der Waals surface area contributed by atoms with Gasteiger partial charge in [0.15, 0.2) is 5.82 Å². The van der Waals surface area contributed by atoms with Gasteiger partial charge in [0.05, 0.1) is 12.1 Å². The van der Waals surface area contributed by atoms with Gasteiger partial charge in [0.2, 0.25) is 0 Å². The smallest absolute Gasteiger partial charge is 0.258 e. The highest BCUT2D eigenvalue weighted by molar-refractivity contribution is 7.08. The molecule has 3 unspecified atom stereocenters. The number of fused-ring (bicyclic) bond motifs is 1. The second-order valence-electron chi connectivity index (χ2n) is 6.24. The number of aromatic nitrogens is 2. The van der Waals surface area contributed by atoms with E-state index < -0.39 is 0 Å². The fourth-order valence-corrected chi connectivity index (χ4v) is 4.39. The molecule has 2 aromatic rings. The Balaban J connectivity index is 1.43. The highest BCUT2D eigenvalue weighted by atomic mass is 32.1. The molecule has 0 amide bonds. The monoisotopic (exact) mass is 304 g/mol. The maximum absolute atomic E-state index is 6.27. The van der Waals surface area contributed by atoms with Crippen LogP contribution in [0.25, 0.3) is 11.5 Å². The molecular formula is C15H20N4OS. The summed E-state index contributed by atoms with van der Waals surface area (Å²) < 4.78 is 5.35. The maximum atomic E-state index is 6.27. The van der Waals surface area contributed by atoms with Gasteiger partial charge in [-0.25, -0.2) is 0 Å². The molecule has 3 atom stereocenters. The molecule has 0 bridgehead atoms. The van der Waals surface area contributed by atoms with Gasteiger partial charge in [0, 0.05) is 24.5 Å². The Bertz CT molecular complexity index is 597. The average molecular weight is 304 g/mol. The summed E-state index contributed by atoms with van der Waals surface area (Å²) in [5, 5.41) is 8.17. The lowest BCUT2D eigenvalue weighted by Gasteiger charge is -2.29. The first-order chi connectivity index (χ1) is 10.3. The van der Waals surface area contributed by atoms with E-state index in [4.69, 9.17) is 10.3 Å². The van der Waals surface area contributed by atoms with E-state index in [2.05, 4.69) is 15.0 Å². The van der Waals surface area contributed by atoms with Crippen LogP contribution in [-0.4, -0.2) is 34.2 Å². The molecule has 2 fully saturated rings. The third-order valence-corrected chi connectivity index (χ3v) is 5.51. The van der Waals surface area contributed by atoms with Gasteiger partial charge in [-0.1, -0.05) is 11.6 Å². The summed E-state index contributed by atoms with van der Waals surface area (Å²) in [6, 6.07) is 2.38. The quantitative estimate of drug-likeness (QED) is 0.942. The van der Waals surface area contributed by atoms with Gasteiger partial charge in [-0.05, 0) is 36.1 Å². The Morgan fingerprint density at radius 3 is 3.14 bits per heavy atom. The van der Waals surface area contributed by atoms with Crippen molar-refractivity contribution in [2.24, 2.45) is 17.6 Å². The van der Waals surface area contributed by atoms with E-state index in [-0.39, 0.29) is 0 Å². The predicted octanol–water partition coefficient (Wildman–Crippen LogP) is 2.36. The number of hydrogen-bond acceptors (Lipinski definition) is 6. The van der Waals surface area contributed by atoms with Gasteiger partial charge < -0.3 is 10.3 Å². The normalized spacial score (nSPS) is 29.7. The highest BCUT2D eigenvalue weighted by Gasteiger charge is 2.38. The summed E-state index contributed by atoms with van der Waals surface area (Å²) in [6.07, 6.45) is 3.78. The van der Waals surface area contributed by atoms with E-state index in [1.807, 2.05) is 16.8 Å². The zero-order chi connectivity index (χ0) is 14.2. The van der Waals surface area contributed by atoms with Crippen LogP contribution >= 0.6 is 11.3 Å². The molecule has 1 saturated heterocycles. The first-order valence-electron chi connectivity index (χ1n) is 7.62. The Morgan fingerprint density at radius 2 is 2.33 bits per heavy atom. The van der Waals surface area contributed by atoms with Crippen molar-refractivity contribution in [1.29, 1.82) is 0 Å². The first kappa shape index (κ1) is 13.4.